The molecule has 0 radical (unpaired) electrons. The summed E-state index contributed by atoms with van der Waals surface area (Å²) in [4.78, 5) is 27.1. The highest BCUT2D eigenvalue weighted by Gasteiger charge is 2.47. The van der Waals surface area contributed by atoms with E-state index in [2.05, 4.69) is 0 Å². The van der Waals surface area contributed by atoms with Gasteiger partial charge in [0.05, 0.1) is 5.41 Å². The molecule has 0 atom stereocenters. The van der Waals surface area contributed by atoms with Gasteiger partial charge in [-0.1, -0.05) is 48.4 Å². The van der Waals surface area contributed by atoms with Crippen LogP contribution in [0.15, 0.2) is 48.5 Å². The second-order valence-electron chi connectivity index (χ2n) is 6.95. The van der Waals surface area contributed by atoms with E-state index in [1.54, 1.807) is 11.0 Å². The van der Waals surface area contributed by atoms with Gasteiger partial charge in [0.15, 0.2) is 6.61 Å². The van der Waals surface area contributed by atoms with Gasteiger partial charge in [0.2, 0.25) is 0 Å². The molecule has 0 N–H and O–H groups in total. The van der Waals surface area contributed by atoms with Crippen LogP contribution >= 0.6 is 11.6 Å². The Morgan fingerprint density at radius 2 is 1.92 bits per heavy atom. The van der Waals surface area contributed by atoms with Crippen molar-refractivity contribution in [3.05, 3.63) is 64.7 Å². The molecule has 1 amide bonds. The predicted molar refractivity (Wildman–Crippen MR) is 100 cm³/mol. The van der Waals surface area contributed by atoms with Crippen molar-refractivity contribution in [2.24, 2.45) is 0 Å². The Hall–Kier alpha value is -2.33. The van der Waals surface area contributed by atoms with Gasteiger partial charge in [0.25, 0.3) is 5.91 Å². The summed E-state index contributed by atoms with van der Waals surface area (Å²) in [5.74, 6) is -0.504. The standard InChI is InChI=1S/C21H20ClNO3/c22-17-7-3-6-16(13-17)21(10-4-11-21)20(25)26-14-19(24)23-12-9-15-5-1-2-8-18(15)23/h1-3,5-8,13H,4,9-12,14H2. The van der Waals surface area contributed by atoms with Crippen LogP contribution in [0, 0.1) is 0 Å². The Kier molecular flexibility index (Phi) is 4.45. The third-order valence-electron chi connectivity index (χ3n) is 5.49. The molecular weight excluding hydrogens is 350 g/mol. The number of esters is 1. The van der Waals surface area contributed by atoms with Crippen molar-refractivity contribution < 1.29 is 14.3 Å². The SMILES string of the molecule is O=C(COC(=O)C1(c2cccc(Cl)c2)CCC1)N1CCc2ccccc21. The van der Waals surface area contributed by atoms with Crippen molar-refractivity contribution in [3.8, 4) is 0 Å². The molecule has 4 nitrogen and oxygen atoms in total. The van der Waals surface area contributed by atoms with E-state index in [0.717, 1.165) is 42.5 Å². The van der Waals surface area contributed by atoms with E-state index in [0.29, 0.717) is 11.6 Å². The largest absolute Gasteiger partial charge is 0.455 e. The molecule has 1 aliphatic heterocycles. The Bertz CT molecular complexity index is 860. The fourth-order valence-corrected chi connectivity index (χ4v) is 4.06. The molecule has 26 heavy (non-hydrogen) atoms. The molecular formula is C21H20ClNO3. The quantitative estimate of drug-likeness (QED) is 0.768. The van der Waals surface area contributed by atoms with Crippen molar-refractivity contribution in [1.82, 2.24) is 0 Å². The molecule has 0 bridgehead atoms. The third kappa shape index (κ3) is 2.88. The van der Waals surface area contributed by atoms with Crippen molar-refractivity contribution in [2.75, 3.05) is 18.1 Å². The Labute approximate surface area is 157 Å². The van der Waals surface area contributed by atoms with Crippen LogP contribution < -0.4 is 4.90 Å². The number of carbonyl (C=O) groups excluding carboxylic acids is 2. The first-order chi connectivity index (χ1) is 12.6. The first-order valence-electron chi connectivity index (χ1n) is 8.92. The summed E-state index contributed by atoms with van der Waals surface area (Å²) >= 11 is 6.09. The lowest BCUT2D eigenvalue weighted by Crippen LogP contribution is -2.45. The van der Waals surface area contributed by atoms with Crippen molar-refractivity contribution >= 4 is 29.2 Å². The van der Waals surface area contributed by atoms with Crippen LogP contribution in [0.1, 0.15) is 30.4 Å². The lowest BCUT2D eigenvalue weighted by molar-refractivity contribution is -0.157. The summed E-state index contributed by atoms with van der Waals surface area (Å²) in [5.41, 5.74) is 2.29. The van der Waals surface area contributed by atoms with Crippen LogP contribution in [-0.4, -0.2) is 25.0 Å². The summed E-state index contributed by atoms with van der Waals surface area (Å²) in [6, 6.07) is 15.2. The molecule has 1 fully saturated rings. The molecule has 2 aliphatic rings. The number of rotatable bonds is 4. The van der Waals surface area contributed by atoms with Gasteiger partial charge in [-0.25, -0.2) is 0 Å². The minimum Gasteiger partial charge on any atom is -0.455 e. The topological polar surface area (TPSA) is 46.6 Å². The number of para-hydroxylation sites is 1. The number of halogens is 1. The highest BCUT2D eigenvalue weighted by molar-refractivity contribution is 6.30. The van der Waals surface area contributed by atoms with E-state index in [1.807, 2.05) is 42.5 Å². The summed E-state index contributed by atoms with van der Waals surface area (Å²) in [6.07, 6.45) is 3.26. The molecule has 134 valence electrons. The molecule has 0 unspecified atom stereocenters. The number of ether oxygens (including phenoxy) is 1. The molecule has 1 saturated carbocycles. The van der Waals surface area contributed by atoms with Gasteiger partial charge < -0.3 is 9.64 Å². The summed E-state index contributed by atoms with van der Waals surface area (Å²) < 4.78 is 5.46. The molecule has 0 saturated heterocycles. The number of fused-ring (bicyclic) bond motifs is 1. The number of hydrogen-bond acceptors (Lipinski definition) is 3. The lowest BCUT2D eigenvalue weighted by atomic mass is 9.64. The maximum Gasteiger partial charge on any atom is 0.317 e. The minimum atomic E-state index is -0.659. The molecule has 1 aliphatic carbocycles. The van der Waals surface area contributed by atoms with E-state index in [-0.39, 0.29) is 18.5 Å². The Morgan fingerprint density at radius 3 is 2.65 bits per heavy atom. The predicted octanol–water partition coefficient (Wildman–Crippen LogP) is 3.89. The zero-order chi connectivity index (χ0) is 18.1. The van der Waals surface area contributed by atoms with Gasteiger partial charge in [-0.3, -0.25) is 9.59 Å². The summed E-state index contributed by atoms with van der Waals surface area (Å²) in [5, 5.41) is 0.603. The maximum absolute atomic E-state index is 12.8. The van der Waals surface area contributed by atoms with E-state index in [9.17, 15) is 9.59 Å². The van der Waals surface area contributed by atoms with Crippen molar-refractivity contribution in [3.63, 3.8) is 0 Å². The molecule has 2 aromatic carbocycles. The first-order valence-corrected chi connectivity index (χ1v) is 9.29. The normalized spacial score (nSPS) is 17.3. The fourth-order valence-electron chi connectivity index (χ4n) is 3.87. The van der Waals surface area contributed by atoms with Crippen LogP contribution in [-0.2, 0) is 26.2 Å². The van der Waals surface area contributed by atoms with Crippen LogP contribution in [0.2, 0.25) is 5.02 Å². The number of amides is 1. The van der Waals surface area contributed by atoms with Gasteiger partial charge in [0.1, 0.15) is 0 Å². The second kappa shape index (κ2) is 6.76. The van der Waals surface area contributed by atoms with E-state index in [4.69, 9.17) is 16.3 Å². The van der Waals surface area contributed by atoms with Crippen molar-refractivity contribution in [2.45, 2.75) is 31.1 Å². The number of nitrogens with zero attached hydrogens (tertiary/aromatic N) is 1. The number of benzene rings is 2. The average Bonchev–Trinajstić information content (AvgIpc) is 3.03. The highest BCUT2D eigenvalue weighted by atomic mass is 35.5. The average molecular weight is 370 g/mol. The van der Waals surface area contributed by atoms with Gasteiger partial charge >= 0.3 is 5.97 Å². The number of hydrogen-bond donors (Lipinski definition) is 0. The zero-order valence-electron chi connectivity index (χ0n) is 14.4. The molecule has 0 spiro atoms. The number of anilines is 1. The van der Waals surface area contributed by atoms with Crippen LogP contribution in [0.4, 0.5) is 5.69 Å². The van der Waals surface area contributed by atoms with Crippen LogP contribution in [0.5, 0.6) is 0 Å². The molecule has 5 heteroatoms. The highest BCUT2D eigenvalue weighted by Crippen LogP contribution is 2.45. The second-order valence-corrected chi connectivity index (χ2v) is 7.38. The van der Waals surface area contributed by atoms with Gasteiger partial charge in [-0.15, -0.1) is 0 Å². The smallest absolute Gasteiger partial charge is 0.317 e. The summed E-state index contributed by atoms with van der Waals surface area (Å²) in [6.45, 7) is 0.407. The zero-order valence-corrected chi connectivity index (χ0v) is 15.2. The van der Waals surface area contributed by atoms with E-state index < -0.39 is 5.41 Å². The van der Waals surface area contributed by atoms with Crippen LogP contribution in [0.3, 0.4) is 0 Å². The first kappa shape index (κ1) is 17.1. The van der Waals surface area contributed by atoms with Gasteiger partial charge in [0, 0.05) is 17.3 Å². The lowest BCUT2D eigenvalue weighted by Gasteiger charge is -2.39. The number of carbonyl (C=O) groups is 2. The van der Waals surface area contributed by atoms with Gasteiger partial charge in [-0.2, -0.15) is 0 Å². The Morgan fingerprint density at radius 1 is 1.12 bits per heavy atom. The molecule has 1 heterocycles. The Balaban J connectivity index is 1.44. The minimum absolute atomic E-state index is 0.177. The van der Waals surface area contributed by atoms with Crippen LogP contribution in [0.25, 0.3) is 0 Å². The monoisotopic (exact) mass is 369 g/mol. The molecule has 4 rings (SSSR count). The third-order valence-corrected chi connectivity index (χ3v) is 5.73. The van der Waals surface area contributed by atoms with E-state index >= 15 is 0 Å². The fraction of sp³-hybridized carbons (Fsp3) is 0.333. The molecule has 2 aromatic rings. The van der Waals surface area contributed by atoms with Crippen molar-refractivity contribution in [1.29, 1.82) is 0 Å². The molecule has 0 aromatic heterocycles. The summed E-state index contributed by atoms with van der Waals surface area (Å²) in [7, 11) is 0. The van der Waals surface area contributed by atoms with E-state index in [1.165, 1.54) is 0 Å². The van der Waals surface area contributed by atoms with Gasteiger partial charge in [-0.05, 0) is 48.6 Å². The maximum atomic E-state index is 12.8.